The number of ketones is 2. The van der Waals surface area contributed by atoms with Crippen LogP contribution in [0, 0.1) is 41.4 Å². The first-order valence-electron chi connectivity index (χ1n) is 22.5. The second kappa shape index (κ2) is 48.7. The maximum atomic E-state index is 12.7. The summed E-state index contributed by atoms with van der Waals surface area (Å²) in [6, 6.07) is 3.79. The zero-order chi connectivity index (χ0) is 55.1. The van der Waals surface area contributed by atoms with Crippen molar-refractivity contribution < 1.29 is 113 Å². The van der Waals surface area contributed by atoms with Gasteiger partial charge < -0.3 is 79.9 Å². The molecule has 1 rings (SSSR count). The quantitative estimate of drug-likeness (QED) is 0.0165. The number of urea groups is 3. The van der Waals surface area contributed by atoms with Crippen molar-refractivity contribution in [2.24, 2.45) is 64.4 Å². The number of rotatable bonds is 29. The summed E-state index contributed by atoms with van der Waals surface area (Å²) >= 11 is 0. The van der Waals surface area contributed by atoms with E-state index in [1.54, 1.807) is 31.2 Å². The molecule has 0 fully saturated rings. The number of hydrogen-bond acceptors (Lipinski definition) is 15. The predicted octanol–water partition coefficient (Wildman–Crippen LogP) is 0.0317. The molecule has 418 valence electrons. The summed E-state index contributed by atoms with van der Waals surface area (Å²) in [5.41, 5.74) is 21.3. The molecule has 0 aromatic heterocycles. The Bertz CT molecular complexity index is 1720. The summed E-state index contributed by atoms with van der Waals surface area (Å²) in [4.78, 5) is 110. The Balaban J connectivity index is -0.000000165. The summed E-state index contributed by atoms with van der Waals surface area (Å²) in [6.45, 7) is 15.7. The van der Waals surface area contributed by atoms with Gasteiger partial charge in [0.15, 0.2) is 5.78 Å². The Morgan fingerprint density at radius 2 is 0.945 bits per heavy atom. The van der Waals surface area contributed by atoms with Crippen LogP contribution in [0.25, 0.3) is 0 Å². The van der Waals surface area contributed by atoms with E-state index in [4.69, 9.17) is 53.4 Å². The Morgan fingerprint density at radius 1 is 0.589 bits per heavy atom. The molecule has 0 aliphatic rings. The van der Waals surface area contributed by atoms with Crippen molar-refractivity contribution in [3.63, 3.8) is 0 Å². The molecule has 0 saturated heterocycles. The number of aliphatic carboxylic acids is 4. The predicted molar refractivity (Wildman–Crippen MR) is 268 cm³/mol. The normalized spacial score (nSPS) is 12.2. The minimum Gasteiger partial charge on any atom is -0.662 e. The second-order valence-electron chi connectivity index (χ2n) is 17.0. The molecule has 0 radical (unpaired) electrons. The number of amides is 6. The van der Waals surface area contributed by atoms with E-state index in [-0.39, 0.29) is 124 Å². The molecule has 26 heteroatoms. The number of carbonyl (C=O) groups excluding carboxylic acids is 6. The molecular weight excluding hydrogens is 972 g/mol. The molecule has 0 bridgehead atoms. The van der Waals surface area contributed by atoms with Crippen LogP contribution in [0.1, 0.15) is 127 Å². The maximum Gasteiger partial charge on any atom is 1.00 e. The second-order valence-corrected chi connectivity index (χ2v) is 17.0. The number of carbonyl (C=O) groups is 10. The minimum absolute atomic E-state index is 0. The molecule has 25 nitrogen and oxygen atoms in total. The zero-order valence-corrected chi connectivity index (χ0v) is 44.5. The van der Waals surface area contributed by atoms with Crippen LogP contribution in [0.3, 0.4) is 0 Å². The van der Waals surface area contributed by atoms with Crippen LogP contribution in [-0.4, -0.2) is 117 Å². The number of aliphatic hydroxyl groups is 1. The summed E-state index contributed by atoms with van der Waals surface area (Å²) in [5, 5.41) is 63.0. The number of anilines is 1. The van der Waals surface area contributed by atoms with Crippen molar-refractivity contribution in [3.05, 3.63) is 29.8 Å². The molecule has 73 heavy (non-hydrogen) atoms. The van der Waals surface area contributed by atoms with E-state index in [1.807, 2.05) is 48.5 Å². The van der Waals surface area contributed by atoms with Gasteiger partial charge in [0.05, 0.1) is 30.4 Å². The number of Topliss-reactive ketones (excluding diaryl/α,β-unsaturated/α-hetero) is 2. The van der Waals surface area contributed by atoms with E-state index in [0.29, 0.717) is 45.2 Å². The van der Waals surface area contributed by atoms with E-state index in [2.05, 4.69) is 26.2 Å². The third-order valence-electron chi connectivity index (χ3n) is 10.4. The molecule has 0 aliphatic heterocycles. The fourth-order valence-corrected chi connectivity index (χ4v) is 5.36. The standard InChI is InChI=1S/C19H29N3O5.C13H24N2O4.C6H13N3O3.C6H12O2.CH2O3.2CH4.Na/c1-12(2)17(22-15-7-5-13(11-23)6-8-15)16(24)10-14(18(25)26)4-3-9-21-19(20)27;1-8(2)9(3)11(16)7-10(12(17)18)5-4-6-15-13(14)19;7-4(5(10)11)2-1-3-9-6(8)12;1-4(2)5(3)6(7)8;2-1-4-3;;;/h5-8,12,14,17,22-23H,3-4,9-11H2,1-2H3,(H,25,26)(H3,20,21,27);8-10H,4-7H2,1-3H3,(H,17,18)(H3,14,15,19);4H,1-3,7H2,(H,10,11)(H3,8,9,12);4-5H,1-3H3,(H,7,8);1,3H;2*1H4;/q;;;;;;;+1/p-1/t14-,17+;9-,10+;4-;5-;;;;/m1000..../s1. The van der Waals surface area contributed by atoms with Gasteiger partial charge in [0.2, 0.25) is 0 Å². The molecule has 1 aromatic carbocycles. The van der Waals surface area contributed by atoms with Gasteiger partial charge in [-0.2, -0.15) is 0 Å². The van der Waals surface area contributed by atoms with Crippen LogP contribution in [0.4, 0.5) is 20.1 Å². The fourth-order valence-electron chi connectivity index (χ4n) is 5.36. The molecule has 0 aliphatic carbocycles. The molecule has 6 amide bonds. The van der Waals surface area contributed by atoms with Crippen LogP contribution < -0.4 is 79.0 Å². The van der Waals surface area contributed by atoms with Gasteiger partial charge in [-0.05, 0) is 74.0 Å². The van der Waals surface area contributed by atoms with Crippen LogP contribution >= 0.6 is 0 Å². The average Bonchev–Trinajstić information content (AvgIpc) is 3.28. The van der Waals surface area contributed by atoms with Gasteiger partial charge in [0, 0.05) is 44.1 Å². The van der Waals surface area contributed by atoms with E-state index >= 15 is 0 Å². The molecule has 1 aromatic rings. The number of nitrogens with one attached hydrogen (secondary N) is 4. The monoisotopic (exact) mass is 1060 g/mol. The Kier molecular flexibility index (Phi) is 54.3. The van der Waals surface area contributed by atoms with Crippen molar-refractivity contribution in [1.82, 2.24) is 16.0 Å². The number of benzene rings is 1. The van der Waals surface area contributed by atoms with Crippen LogP contribution in [0.15, 0.2) is 24.3 Å². The van der Waals surface area contributed by atoms with Crippen molar-refractivity contribution >= 4 is 65.7 Å². The number of hydrogen-bond donors (Lipinski definition) is 13. The van der Waals surface area contributed by atoms with E-state index in [9.17, 15) is 48.3 Å². The summed E-state index contributed by atoms with van der Waals surface area (Å²) < 4.78 is 0. The van der Waals surface area contributed by atoms with Gasteiger partial charge in [-0.25, -0.2) is 14.4 Å². The Labute approximate surface area is 452 Å². The van der Waals surface area contributed by atoms with E-state index in [0.717, 1.165) is 11.3 Å². The molecule has 0 unspecified atom stereocenters. The number of primary amides is 3. The van der Waals surface area contributed by atoms with Gasteiger partial charge in [0.25, 0.3) is 6.47 Å². The summed E-state index contributed by atoms with van der Waals surface area (Å²) in [6.07, 6.45) is 2.34. The Morgan fingerprint density at radius 3 is 1.21 bits per heavy atom. The van der Waals surface area contributed by atoms with Crippen molar-refractivity contribution in [1.29, 1.82) is 0 Å². The number of carboxylic acids is 4. The minimum atomic E-state index is -1.03. The zero-order valence-electron chi connectivity index (χ0n) is 42.5. The fraction of sp³-hybridized carbons (Fsp3) is 0.660. The maximum absolute atomic E-state index is 12.7. The van der Waals surface area contributed by atoms with Crippen molar-refractivity contribution in [2.75, 3.05) is 25.0 Å². The Hall–Kier alpha value is -5.60. The first kappa shape index (κ1) is 81.5. The van der Waals surface area contributed by atoms with Gasteiger partial charge in [-0.3, -0.25) is 33.6 Å². The molecule has 0 heterocycles. The van der Waals surface area contributed by atoms with Crippen LogP contribution in [0.2, 0.25) is 0 Å². The van der Waals surface area contributed by atoms with Gasteiger partial charge in [-0.15, -0.1) is 0 Å². The molecular formula is C47H87N8NaO17. The molecule has 0 spiro atoms. The third kappa shape index (κ3) is 47.2. The molecule has 0 saturated carbocycles. The van der Waals surface area contributed by atoms with E-state index < -0.39 is 65.9 Å². The average molecular weight is 1060 g/mol. The van der Waals surface area contributed by atoms with Crippen LogP contribution in [0.5, 0.6) is 0 Å². The number of aliphatic hydroxyl groups excluding tert-OH is 1. The smallest absolute Gasteiger partial charge is 0.662 e. The topological polar surface area (TPSA) is 456 Å². The molecule has 6 atom stereocenters. The largest absolute Gasteiger partial charge is 1.00 e. The van der Waals surface area contributed by atoms with Crippen molar-refractivity contribution in [2.45, 2.75) is 140 Å². The summed E-state index contributed by atoms with van der Waals surface area (Å²) in [5.74, 6) is -5.37. The first-order valence-corrected chi connectivity index (χ1v) is 22.5. The first-order chi connectivity index (χ1) is 32.5. The number of carboxylic acid groups (broad SMARTS) is 4. The third-order valence-corrected chi connectivity index (χ3v) is 10.4. The van der Waals surface area contributed by atoms with Crippen molar-refractivity contribution in [3.8, 4) is 0 Å². The van der Waals surface area contributed by atoms with E-state index in [1.165, 1.54) is 0 Å². The SMILES string of the molecule is C.C.CC(C)[C@H](C)C(=O)C[C@@H](CCCNC(N)=O)C(=O)O.CC(C)[C@H](C)C(=O)O.CC(C)[C@H](Nc1ccc(CO)cc1)C(=O)C[C@@H](CCCNC(N)=O)C(=O)O.NC(=O)NCCC[C@H](N)C(=O)O.O=CO[O-].[Na+]. The number of nitrogens with two attached hydrogens (primary N) is 4. The van der Waals surface area contributed by atoms with Gasteiger partial charge >= 0.3 is 71.5 Å². The van der Waals surface area contributed by atoms with Gasteiger partial charge in [0.1, 0.15) is 11.8 Å². The molecule has 17 N–H and O–H groups in total. The van der Waals surface area contributed by atoms with Crippen LogP contribution in [-0.2, 0) is 45.1 Å². The summed E-state index contributed by atoms with van der Waals surface area (Å²) in [7, 11) is 0. The van der Waals surface area contributed by atoms with Gasteiger partial charge in [-0.1, -0.05) is 82.4 Å².